The van der Waals surface area contributed by atoms with E-state index in [-0.39, 0.29) is 0 Å². The molecule has 0 aromatic rings. The van der Waals surface area contributed by atoms with Crippen molar-refractivity contribution in [1.82, 2.24) is 0 Å². The second kappa shape index (κ2) is 2.00. The van der Waals surface area contributed by atoms with Crippen LogP contribution >= 0.6 is 0 Å². The van der Waals surface area contributed by atoms with Crippen LogP contribution in [0.2, 0.25) is 0 Å². The van der Waals surface area contributed by atoms with Crippen LogP contribution in [-0.4, -0.2) is 0 Å². The number of fused-ring (bicyclic) bond motifs is 2. The molecule has 0 amide bonds. The van der Waals surface area contributed by atoms with E-state index in [9.17, 15) is 0 Å². The van der Waals surface area contributed by atoms with E-state index < -0.39 is 0 Å². The Labute approximate surface area is 57.6 Å². The molecule has 0 aromatic carbocycles. The summed E-state index contributed by atoms with van der Waals surface area (Å²) >= 11 is 0. The van der Waals surface area contributed by atoms with Gasteiger partial charge < -0.3 is 0 Å². The van der Waals surface area contributed by atoms with Gasteiger partial charge >= 0.3 is 0 Å². The second-order valence-electron chi connectivity index (χ2n) is 4.12. The summed E-state index contributed by atoms with van der Waals surface area (Å²) < 4.78 is 0. The Hall–Kier alpha value is 0. The summed E-state index contributed by atoms with van der Waals surface area (Å²) in [5.74, 6) is 3.33. The molecule has 9 heavy (non-hydrogen) atoms. The van der Waals surface area contributed by atoms with Gasteiger partial charge in [0.25, 0.3) is 0 Å². The van der Waals surface area contributed by atoms with Gasteiger partial charge in [-0.15, -0.1) is 0 Å². The maximum absolute atomic E-state index is 2.42. The molecule has 52 valence electrons. The van der Waals surface area contributed by atoms with Gasteiger partial charge in [0.05, 0.1) is 0 Å². The van der Waals surface area contributed by atoms with Gasteiger partial charge in [-0.3, -0.25) is 0 Å². The summed E-state index contributed by atoms with van der Waals surface area (Å²) in [4.78, 5) is 0. The van der Waals surface area contributed by atoms with Crippen LogP contribution in [0.25, 0.3) is 0 Å². The lowest BCUT2D eigenvalue weighted by atomic mass is 9.82. The van der Waals surface area contributed by atoms with Gasteiger partial charge in [0.15, 0.2) is 0 Å². The molecule has 2 aliphatic carbocycles. The largest absolute Gasteiger partial charge is 0.0625 e. The molecule has 2 aliphatic rings. The molecular weight excluding hydrogens is 108 g/mol. The van der Waals surface area contributed by atoms with Crippen LogP contribution in [0.5, 0.6) is 0 Å². The molecule has 0 radical (unpaired) electrons. The predicted molar refractivity (Wildman–Crippen MR) is 39.2 cm³/mol. The third-order valence-electron chi connectivity index (χ3n) is 3.12. The SMILES string of the molecule is CC1CC2CCC(C1)C2. The molecule has 2 rings (SSSR count). The van der Waals surface area contributed by atoms with E-state index in [4.69, 9.17) is 0 Å². The fourth-order valence-electron chi connectivity index (χ4n) is 2.84. The number of hydrogen-bond acceptors (Lipinski definition) is 0. The normalized spacial score (nSPS) is 49.7. The number of rotatable bonds is 0. The van der Waals surface area contributed by atoms with Gasteiger partial charge in [0, 0.05) is 0 Å². The van der Waals surface area contributed by atoms with Crippen LogP contribution in [0.3, 0.4) is 0 Å². The van der Waals surface area contributed by atoms with Gasteiger partial charge in [-0.05, 0) is 37.0 Å². The minimum Gasteiger partial charge on any atom is -0.0625 e. The smallest absolute Gasteiger partial charge is 0.0409 e. The molecule has 0 nitrogen and oxygen atoms in total. The Morgan fingerprint density at radius 2 is 1.44 bits per heavy atom. The molecule has 2 fully saturated rings. The van der Waals surface area contributed by atoms with Crippen molar-refractivity contribution in [2.24, 2.45) is 17.8 Å². The summed E-state index contributed by atoms with van der Waals surface area (Å²) in [5.41, 5.74) is 0. The standard InChI is InChI=1S/C9H16/c1-7-4-8-2-3-9(5-7)6-8/h7-9H,2-6H2,1H3. The van der Waals surface area contributed by atoms with E-state index in [0.717, 1.165) is 17.8 Å². The third kappa shape index (κ3) is 0.997. The van der Waals surface area contributed by atoms with E-state index in [0.29, 0.717) is 0 Å². The Morgan fingerprint density at radius 1 is 0.889 bits per heavy atom. The Morgan fingerprint density at radius 3 is 2.00 bits per heavy atom. The highest BCUT2D eigenvalue weighted by atomic mass is 14.4. The molecule has 0 N–H and O–H groups in total. The summed E-state index contributed by atoms with van der Waals surface area (Å²) in [7, 11) is 0. The van der Waals surface area contributed by atoms with Gasteiger partial charge in [-0.1, -0.05) is 19.8 Å². The van der Waals surface area contributed by atoms with Crippen molar-refractivity contribution in [3.8, 4) is 0 Å². The van der Waals surface area contributed by atoms with Crippen LogP contribution in [0.15, 0.2) is 0 Å². The molecule has 0 heterocycles. The zero-order chi connectivity index (χ0) is 6.27. The first-order chi connectivity index (χ1) is 4.34. The molecule has 0 aromatic heterocycles. The summed E-state index contributed by atoms with van der Waals surface area (Å²) in [6.07, 6.45) is 7.75. The quantitative estimate of drug-likeness (QED) is 0.466. The highest BCUT2D eigenvalue weighted by molar-refractivity contribution is 4.83. The van der Waals surface area contributed by atoms with Crippen molar-refractivity contribution < 1.29 is 0 Å². The minimum absolute atomic E-state index is 1.05. The maximum Gasteiger partial charge on any atom is -0.0409 e. The molecule has 2 saturated carbocycles. The topological polar surface area (TPSA) is 0 Å². The van der Waals surface area contributed by atoms with E-state index in [1.165, 1.54) is 12.8 Å². The predicted octanol–water partition coefficient (Wildman–Crippen LogP) is 2.83. The molecule has 2 bridgehead atoms. The average Bonchev–Trinajstić information content (AvgIpc) is 2.11. The Bertz CT molecular complexity index is 94.6. The van der Waals surface area contributed by atoms with Gasteiger partial charge in [-0.2, -0.15) is 0 Å². The molecular formula is C9H16. The van der Waals surface area contributed by atoms with Crippen molar-refractivity contribution in [2.45, 2.75) is 39.0 Å². The van der Waals surface area contributed by atoms with Crippen molar-refractivity contribution >= 4 is 0 Å². The Kier molecular flexibility index (Phi) is 1.28. The van der Waals surface area contributed by atoms with Gasteiger partial charge in [0.2, 0.25) is 0 Å². The average molecular weight is 124 g/mol. The fraction of sp³-hybridized carbons (Fsp3) is 1.00. The molecule has 0 heteroatoms. The first-order valence-electron chi connectivity index (χ1n) is 4.34. The first-order valence-corrected chi connectivity index (χ1v) is 4.34. The third-order valence-corrected chi connectivity index (χ3v) is 3.12. The van der Waals surface area contributed by atoms with Gasteiger partial charge in [-0.25, -0.2) is 0 Å². The van der Waals surface area contributed by atoms with Crippen LogP contribution in [0, 0.1) is 17.8 Å². The van der Waals surface area contributed by atoms with Crippen molar-refractivity contribution in [2.75, 3.05) is 0 Å². The number of hydrogen-bond donors (Lipinski definition) is 0. The maximum atomic E-state index is 2.42. The fourth-order valence-corrected chi connectivity index (χ4v) is 2.84. The lowest BCUT2D eigenvalue weighted by Crippen LogP contribution is -2.12. The Balaban J connectivity index is 2.03. The molecule has 2 atom stereocenters. The van der Waals surface area contributed by atoms with Crippen LogP contribution in [-0.2, 0) is 0 Å². The van der Waals surface area contributed by atoms with E-state index in [1.807, 2.05) is 0 Å². The summed E-state index contributed by atoms with van der Waals surface area (Å²) in [6.45, 7) is 2.42. The summed E-state index contributed by atoms with van der Waals surface area (Å²) in [5, 5.41) is 0. The molecule has 0 spiro atoms. The van der Waals surface area contributed by atoms with E-state index >= 15 is 0 Å². The monoisotopic (exact) mass is 124 g/mol. The van der Waals surface area contributed by atoms with Crippen LogP contribution < -0.4 is 0 Å². The zero-order valence-corrected chi connectivity index (χ0v) is 6.27. The second-order valence-corrected chi connectivity index (χ2v) is 4.12. The van der Waals surface area contributed by atoms with Crippen molar-refractivity contribution in [3.05, 3.63) is 0 Å². The highest BCUT2D eigenvalue weighted by Gasteiger charge is 2.31. The van der Waals surface area contributed by atoms with Gasteiger partial charge in [0.1, 0.15) is 0 Å². The molecule has 0 aliphatic heterocycles. The molecule has 0 saturated heterocycles. The first kappa shape index (κ1) is 5.76. The van der Waals surface area contributed by atoms with Crippen LogP contribution in [0.4, 0.5) is 0 Å². The van der Waals surface area contributed by atoms with E-state index in [1.54, 1.807) is 19.3 Å². The van der Waals surface area contributed by atoms with Crippen molar-refractivity contribution in [1.29, 1.82) is 0 Å². The van der Waals surface area contributed by atoms with E-state index in [2.05, 4.69) is 6.92 Å². The highest BCUT2D eigenvalue weighted by Crippen LogP contribution is 2.44. The van der Waals surface area contributed by atoms with Crippen LogP contribution in [0.1, 0.15) is 39.0 Å². The lowest BCUT2D eigenvalue weighted by molar-refractivity contribution is 0.278. The van der Waals surface area contributed by atoms with Crippen molar-refractivity contribution in [3.63, 3.8) is 0 Å². The minimum atomic E-state index is 1.05. The lowest BCUT2D eigenvalue weighted by Gasteiger charge is -2.23. The summed E-state index contributed by atoms with van der Waals surface area (Å²) in [6, 6.07) is 0. The zero-order valence-electron chi connectivity index (χ0n) is 6.27. The molecule has 2 unspecified atom stereocenters.